The van der Waals surface area contributed by atoms with E-state index in [4.69, 9.17) is 11.6 Å². The van der Waals surface area contributed by atoms with Crippen molar-refractivity contribution in [2.75, 3.05) is 10.6 Å². The largest absolute Gasteiger partial charge is 0.325 e. The van der Waals surface area contributed by atoms with Gasteiger partial charge in [0, 0.05) is 21.8 Å². The lowest BCUT2D eigenvalue weighted by atomic mass is 10.1. The summed E-state index contributed by atoms with van der Waals surface area (Å²) in [6, 6.07) is 27.3. The Morgan fingerprint density at radius 2 is 1.62 bits per heavy atom. The van der Waals surface area contributed by atoms with Crippen LogP contribution < -0.4 is 16.0 Å². The van der Waals surface area contributed by atoms with Gasteiger partial charge in [-0.15, -0.1) is 11.8 Å². The van der Waals surface area contributed by atoms with Crippen LogP contribution in [0.15, 0.2) is 108 Å². The molecule has 42 heavy (non-hydrogen) atoms. The van der Waals surface area contributed by atoms with Crippen molar-refractivity contribution in [1.82, 2.24) is 5.32 Å². The third-order valence-electron chi connectivity index (χ3n) is 6.10. The summed E-state index contributed by atoms with van der Waals surface area (Å²) >= 11 is 7.17. The van der Waals surface area contributed by atoms with Crippen LogP contribution in [0.2, 0.25) is 5.02 Å². The van der Waals surface area contributed by atoms with E-state index in [1.807, 2.05) is 50.2 Å². The fourth-order valence-electron chi connectivity index (χ4n) is 4.00. The average Bonchev–Trinajstić information content (AvgIpc) is 2.98. The summed E-state index contributed by atoms with van der Waals surface area (Å²) in [5.74, 6) is -1.73. The Balaban J connectivity index is 1.50. The molecule has 4 aromatic carbocycles. The SMILES string of the molecule is CCC(Sc1cccc(NC(=O)/C(=C\c2cccc(C)c2)NC(=O)c2ccccc2)c1)C(=O)Nc1ccc(F)c(Cl)c1. The molecule has 6 nitrogen and oxygen atoms in total. The number of carbonyl (C=O) groups is 3. The second kappa shape index (κ2) is 14.5. The number of aryl methyl sites for hydroxylation is 1. The topological polar surface area (TPSA) is 87.3 Å². The number of hydrogen-bond donors (Lipinski definition) is 3. The number of rotatable bonds is 10. The highest BCUT2D eigenvalue weighted by Gasteiger charge is 2.20. The number of nitrogens with one attached hydrogen (secondary N) is 3. The molecule has 0 heterocycles. The van der Waals surface area contributed by atoms with Crippen molar-refractivity contribution in [3.63, 3.8) is 0 Å². The monoisotopic (exact) mass is 601 g/mol. The van der Waals surface area contributed by atoms with Crippen LogP contribution in [-0.4, -0.2) is 23.0 Å². The first-order valence-electron chi connectivity index (χ1n) is 13.2. The summed E-state index contributed by atoms with van der Waals surface area (Å²) in [7, 11) is 0. The van der Waals surface area contributed by atoms with Crippen LogP contribution in [0.4, 0.5) is 15.8 Å². The van der Waals surface area contributed by atoms with Gasteiger partial charge in [0.1, 0.15) is 11.5 Å². The minimum atomic E-state index is -0.563. The van der Waals surface area contributed by atoms with Crippen LogP contribution in [0.3, 0.4) is 0 Å². The highest BCUT2D eigenvalue weighted by Crippen LogP contribution is 2.29. The zero-order valence-electron chi connectivity index (χ0n) is 23.0. The quantitative estimate of drug-likeness (QED) is 0.128. The summed E-state index contributed by atoms with van der Waals surface area (Å²) in [5, 5.41) is 7.84. The predicted octanol–water partition coefficient (Wildman–Crippen LogP) is 7.71. The predicted molar refractivity (Wildman–Crippen MR) is 168 cm³/mol. The van der Waals surface area contributed by atoms with Gasteiger partial charge < -0.3 is 16.0 Å². The molecule has 0 aromatic heterocycles. The van der Waals surface area contributed by atoms with Crippen molar-refractivity contribution in [2.45, 2.75) is 30.4 Å². The molecular weight excluding hydrogens is 573 g/mol. The molecule has 3 amide bonds. The lowest BCUT2D eigenvalue weighted by Crippen LogP contribution is -2.30. The molecule has 4 aromatic rings. The number of hydrogen-bond acceptors (Lipinski definition) is 4. The Labute approximate surface area is 253 Å². The van der Waals surface area contributed by atoms with Crippen LogP contribution >= 0.6 is 23.4 Å². The zero-order chi connectivity index (χ0) is 30.1. The van der Waals surface area contributed by atoms with Gasteiger partial charge in [0.2, 0.25) is 5.91 Å². The minimum Gasteiger partial charge on any atom is -0.325 e. The first-order chi connectivity index (χ1) is 20.2. The van der Waals surface area contributed by atoms with E-state index in [1.54, 1.807) is 48.5 Å². The summed E-state index contributed by atoms with van der Waals surface area (Å²) in [6.45, 7) is 3.83. The van der Waals surface area contributed by atoms with E-state index < -0.39 is 22.9 Å². The Morgan fingerprint density at radius 3 is 2.33 bits per heavy atom. The second-order valence-corrected chi connectivity index (χ2v) is 11.1. The van der Waals surface area contributed by atoms with Crippen molar-refractivity contribution in [1.29, 1.82) is 0 Å². The third kappa shape index (κ3) is 8.55. The van der Waals surface area contributed by atoms with Gasteiger partial charge in [0.05, 0.1) is 10.3 Å². The average molecular weight is 602 g/mol. The number of amides is 3. The Hall–Kier alpha value is -4.40. The Kier molecular flexibility index (Phi) is 10.5. The number of anilines is 2. The molecule has 214 valence electrons. The van der Waals surface area contributed by atoms with E-state index >= 15 is 0 Å². The van der Waals surface area contributed by atoms with Crippen LogP contribution in [0.1, 0.15) is 34.8 Å². The standard InChI is InChI=1S/C33H29ClFN3O3S/c1-3-30(33(41)37-25-15-16-28(35)27(34)20-25)42-26-14-8-13-24(19-26)36-32(40)29(18-22-10-7-9-21(2)17-22)38-31(39)23-11-5-4-6-12-23/h4-20,30H,3H2,1-2H3,(H,36,40)(H,37,41)(H,38,39)/b29-18+. The van der Waals surface area contributed by atoms with Crippen molar-refractivity contribution >= 4 is 58.5 Å². The normalized spacial score (nSPS) is 11.9. The van der Waals surface area contributed by atoms with Gasteiger partial charge >= 0.3 is 0 Å². The molecule has 1 unspecified atom stereocenters. The summed E-state index contributed by atoms with van der Waals surface area (Å²) in [6.07, 6.45) is 2.15. The van der Waals surface area contributed by atoms with Gasteiger partial charge in [-0.1, -0.05) is 72.6 Å². The fourth-order valence-corrected chi connectivity index (χ4v) is 5.19. The Bertz CT molecular complexity index is 1630. The van der Waals surface area contributed by atoms with Crippen molar-refractivity contribution < 1.29 is 18.8 Å². The lowest BCUT2D eigenvalue weighted by molar-refractivity contribution is -0.116. The zero-order valence-corrected chi connectivity index (χ0v) is 24.6. The Morgan fingerprint density at radius 1 is 0.881 bits per heavy atom. The third-order valence-corrected chi connectivity index (χ3v) is 7.75. The first-order valence-corrected chi connectivity index (χ1v) is 14.5. The number of thioether (sulfide) groups is 1. The van der Waals surface area contributed by atoms with Crippen LogP contribution in [0.5, 0.6) is 0 Å². The van der Waals surface area contributed by atoms with Crippen LogP contribution in [0, 0.1) is 12.7 Å². The molecule has 0 aliphatic carbocycles. The number of carbonyl (C=O) groups excluding carboxylic acids is 3. The maximum atomic E-state index is 13.5. The lowest BCUT2D eigenvalue weighted by Gasteiger charge is -2.16. The minimum absolute atomic E-state index is 0.0762. The summed E-state index contributed by atoms with van der Waals surface area (Å²) in [4.78, 5) is 40.0. The van der Waals surface area contributed by atoms with Crippen molar-refractivity contribution in [3.8, 4) is 0 Å². The maximum Gasteiger partial charge on any atom is 0.272 e. The van der Waals surface area contributed by atoms with Gasteiger partial charge in [0.25, 0.3) is 11.8 Å². The van der Waals surface area contributed by atoms with E-state index in [1.165, 1.54) is 30.0 Å². The van der Waals surface area contributed by atoms with Crippen LogP contribution in [-0.2, 0) is 9.59 Å². The number of benzene rings is 4. The molecule has 4 rings (SSSR count). The molecule has 0 aliphatic heterocycles. The molecule has 1 atom stereocenters. The molecule has 0 spiro atoms. The molecule has 0 fully saturated rings. The second-order valence-electron chi connectivity index (χ2n) is 9.41. The highest BCUT2D eigenvalue weighted by molar-refractivity contribution is 8.00. The van der Waals surface area contributed by atoms with Gasteiger partial charge in [-0.2, -0.15) is 0 Å². The molecular formula is C33H29ClFN3O3S. The summed E-state index contributed by atoms with van der Waals surface area (Å²) < 4.78 is 13.5. The molecule has 0 saturated carbocycles. The molecule has 3 N–H and O–H groups in total. The smallest absolute Gasteiger partial charge is 0.272 e. The molecule has 9 heteroatoms. The van der Waals surface area contributed by atoms with E-state index in [9.17, 15) is 18.8 Å². The van der Waals surface area contributed by atoms with E-state index in [2.05, 4.69) is 16.0 Å². The summed E-state index contributed by atoms with van der Waals surface area (Å²) in [5.41, 5.74) is 3.17. The van der Waals surface area contributed by atoms with Crippen LogP contribution in [0.25, 0.3) is 6.08 Å². The highest BCUT2D eigenvalue weighted by atomic mass is 35.5. The van der Waals surface area contributed by atoms with E-state index in [0.29, 0.717) is 23.4 Å². The van der Waals surface area contributed by atoms with Gasteiger partial charge in [-0.3, -0.25) is 14.4 Å². The van der Waals surface area contributed by atoms with Crippen molar-refractivity contribution in [3.05, 3.63) is 130 Å². The van der Waals surface area contributed by atoms with Gasteiger partial charge in [-0.25, -0.2) is 4.39 Å². The van der Waals surface area contributed by atoms with E-state index in [-0.39, 0.29) is 16.6 Å². The van der Waals surface area contributed by atoms with Gasteiger partial charge in [0.15, 0.2) is 0 Å². The molecule has 0 bridgehead atoms. The van der Waals surface area contributed by atoms with Crippen molar-refractivity contribution in [2.24, 2.45) is 0 Å². The fraction of sp³-hybridized carbons (Fsp3) is 0.121. The first kappa shape index (κ1) is 30.6. The maximum absolute atomic E-state index is 13.5. The molecule has 0 radical (unpaired) electrons. The van der Waals surface area contributed by atoms with Gasteiger partial charge in [-0.05, 0) is 73.5 Å². The molecule has 0 aliphatic rings. The van der Waals surface area contributed by atoms with E-state index in [0.717, 1.165) is 16.0 Å². The molecule has 0 saturated heterocycles. The number of halogens is 2.